The summed E-state index contributed by atoms with van der Waals surface area (Å²) in [4.78, 5) is 4.75. The van der Waals surface area contributed by atoms with E-state index in [0.29, 0.717) is 43.3 Å². The van der Waals surface area contributed by atoms with E-state index in [1.54, 1.807) is 7.11 Å². The van der Waals surface area contributed by atoms with Crippen LogP contribution in [0, 0.1) is 0 Å². The van der Waals surface area contributed by atoms with E-state index in [1.807, 2.05) is 32.0 Å². The Kier molecular flexibility index (Phi) is 12.3. The fraction of sp³-hybridized carbons (Fsp3) is 0.480. The summed E-state index contributed by atoms with van der Waals surface area (Å²) in [7, 11) is 1.64. The number of nitrogens with one attached hydrogen (secondary N) is 2. The second-order valence-electron chi connectivity index (χ2n) is 7.56. The van der Waals surface area contributed by atoms with Gasteiger partial charge in [0.2, 0.25) is 0 Å². The lowest BCUT2D eigenvalue weighted by atomic mass is 10.1. The molecule has 0 bridgehead atoms. The maximum atomic E-state index is 6.05. The second-order valence-corrected chi connectivity index (χ2v) is 7.56. The Labute approximate surface area is 214 Å². The normalized spacial score (nSPS) is 14.3. The zero-order chi connectivity index (χ0) is 22.6. The number of guanidine groups is 1. The van der Waals surface area contributed by atoms with Crippen molar-refractivity contribution in [3.63, 3.8) is 0 Å². The Bertz CT molecular complexity index is 872. The molecule has 1 saturated heterocycles. The van der Waals surface area contributed by atoms with Gasteiger partial charge >= 0.3 is 0 Å². The Morgan fingerprint density at radius 1 is 1.06 bits per heavy atom. The smallest absolute Gasteiger partial charge is 0.196 e. The van der Waals surface area contributed by atoms with Gasteiger partial charge in [0.25, 0.3) is 0 Å². The van der Waals surface area contributed by atoms with Crippen molar-refractivity contribution in [1.29, 1.82) is 0 Å². The summed E-state index contributed by atoms with van der Waals surface area (Å²) < 4.78 is 22.5. The highest BCUT2D eigenvalue weighted by atomic mass is 127. The largest absolute Gasteiger partial charge is 0.493 e. The molecule has 0 aromatic heterocycles. The molecule has 33 heavy (non-hydrogen) atoms. The lowest BCUT2D eigenvalue weighted by Crippen LogP contribution is -2.30. The van der Waals surface area contributed by atoms with E-state index >= 15 is 0 Å². The summed E-state index contributed by atoms with van der Waals surface area (Å²) in [6.45, 7) is 8.10. The standard InChI is InChI=1S/C25H35N3O4.HI/c1-4-26-25(28-21-9-10-23(29-3)24(16-21)31-5-2)27-17-19-7-6-8-20(15-19)18-32-22-11-13-30-14-12-22;/h6-10,15-16,22H,4-5,11-14,17-18H2,1-3H3,(H2,26,27,28);1H. The number of ether oxygens (including phenoxy) is 4. The molecule has 1 fully saturated rings. The van der Waals surface area contributed by atoms with E-state index in [2.05, 4.69) is 34.9 Å². The van der Waals surface area contributed by atoms with Crippen molar-refractivity contribution in [3.8, 4) is 11.5 Å². The third kappa shape index (κ3) is 9.02. The molecule has 0 aliphatic carbocycles. The second kappa shape index (κ2) is 15.0. The number of halogens is 1. The van der Waals surface area contributed by atoms with Gasteiger partial charge in [0.15, 0.2) is 17.5 Å². The number of aliphatic imine (C=N–C) groups is 1. The fourth-order valence-corrected chi connectivity index (χ4v) is 3.51. The quantitative estimate of drug-likeness (QED) is 0.239. The molecule has 0 spiro atoms. The number of nitrogens with zero attached hydrogens (tertiary/aromatic N) is 1. The first-order valence-corrected chi connectivity index (χ1v) is 11.3. The molecule has 7 nitrogen and oxygen atoms in total. The van der Waals surface area contributed by atoms with Gasteiger partial charge < -0.3 is 29.6 Å². The average Bonchev–Trinajstić information content (AvgIpc) is 2.83. The molecule has 0 atom stereocenters. The molecule has 8 heteroatoms. The topological polar surface area (TPSA) is 73.3 Å². The van der Waals surface area contributed by atoms with Crippen molar-refractivity contribution in [2.75, 3.05) is 38.8 Å². The molecule has 0 amide bonds. The van der Waals surface area contributed by atoms with Crippen LogP contribution in [-0.2, 0) is 22.6 Å². The predicted octanol–water partition coefficient (Wildman–Crippen LogP) is 4.99. The van der Waals surface area contributed by atoms with Gasteiger partial charge in [-0.15, -0.1) is 24.0 Å². The minimum absolute atomic E-state index is 0. The van der Waals surface area contributed by atoms with E-state index in [4.69, 9.17) is 23.9 Å². The van der Waals surface area contributed by atoms with Crippen LogP contribution in [0.15, 0.2) is 47.5 Å². The van der Waals surface area contributed by atoms with Crippen molar-refractivity contribution in [3.05, 3.63) is 53.6 Å². The van der Waals surface area contributed by atoms with E-state index < -0.39 is 0 Å². The molecule has 1 heterocycles. The molecule has 0 radical (unpaired) electrons. The molecule has 2 aromatic carbocycles. The van der Waals surface area contributed by atoms with Crippen LogP contribution in [0.1, 0.15) is 37.8 Å². The zero-order valence-electron chi connectivity index (χ0n) is 19.8. The lowest BCUT2D eigenvalue weighted by Gasteiger charge is -2.22. The molecular formula is C25H36IN3O4. The Morgan fingerprint density at radius 2 is 1.85 bits per heavy atom. The number of anilines is 1. The van der Waals surface area contributed by atoms with E-state index in [1.165, 1.54) is 5.56 Å². The maximum absolute atomic E-state index is 6.05. The number of hydrogen-bond acceptors (Lipinski definition) is 5. The molecule has 182 valence electrons. The first-order valence-electron chi connectivity index (χ1n) is 11.3. The molecule has 1 aliphatic heterocycles. The van der Waals surface area contributed by atoms with E-state index in [9.17, 15) is 0 Å². The van der Waals surface area contributed by atoms with Crippen LogP contribution in [0.2, 0.25) is 0 Å². The highest BCUT2D eigenvalue weighted by Crippen LogP contribution is 2.30. The van der Waals surface area contributed by atoms with Crippen LogP contribution in [0.5, 0.6) is 11.5 Å². The average molecular weight is 569 g/mol. The summed E-state index contributed by atoms with van der Waals surface area (Å²) in [5.74, 6) is 2.12. The fourth-order valence-electron chi connectivity index (χ4n) is 3.51. The van der Waals surface area contributed by atoms with Crippen LogP contribution < -0.4 is 20.1 Å². The van der Waals surface area contributed by atoms with Gasteiger partial charge in [-0.1, -0.05) is 24.3 Å². The molecule has 2 N–H and O–H groups in total. The predicted molar refractivity (Wildman–Crippen MR) is 143 cm³/mol. The molecule has 3 rings (SSSR count). The van der Waals surface area contributed by atoms with Crippen LogP contribution >= 0.6 is 24.0 Å². The van der Waals surface area contributed by atoms with Gasteiger partial charge in [-0.05, 0) is 49.9 Å². The number of hydrogen-bond donors (Lipinski definition) is 2. The van der Waals surface area contributed by atoms with Crippen LogP contribution in [0.4, 0.5) is 5.69 Å². The van der Waals surface area contributed by atoms with Gasteiger partial charge in [0.05, 0.1) is 33.0 Å². The maximum Gasteiger partial charge on any atom is 0.196 e. The van der Waals surface area contributed by atoms with Crippen molar-refractivity contribution >= 4 is 35.6 Å². The summed E-state index contributed by atoms with van der Waals surface area (Å²) >= 11 is 0. The van der Waals surface area contributed by atoms with Crippen molar-refractivity contribution < 1.29 is 18.9 Å². The monoisotopic (exact) mass is 569 g/mol. The zero-order valence-corrected chi connectivity index (χ0v) is 22.1. The van der Waals surface area contributed by atoms with E-state index in [0.717, 1.165) is 43.9 Å². The number of benzene rings is 2. The first kappa shape index (κ1) is 27.2. The molecule has 0 saturated carbocycles. The molecule has 0 unspecified atom stereocenters. The van der Waals surface area contributed by atoms with Crippen LogP contribution in [-0.4, -0.2) is 45.5 Å². The lowest BCUT2D eigenvalue weighted by molar-refractivity contribution is -0.0390. The van der Waals surface area contributed by atoms with Gasteiger partial charge in [-0.3, -0.25) is 0 Å². The van der Waals surface area contributed by atoms with Crippen LogP contribution in [0.3, 0.4) is 0 Å². The van der Waals surface area contributed by atoms with Crippen LogP contribution in [0.25, 0.3) is 0 Å². The molecule has 1 aliphatic rings. The Balaban J connectivity index is 0.00000385. The summed E-state index contributed by atoms with van der Waals surface area (Å²) in [6, 6.07) is 14.2. The minimum Gasteiger partial charge on any atom is -0.493 e. The van der Waals surface area contributed by atoms with Gasteiger partial charge in [-0.2, -0.15) is 0 Å². The Hall–Kier alpha value is -2.04. The first-order chi connectivity index (χ1) is 15.7. The summed E-state index contributed by atoms with van der Waals surface area (Å²) in [6.07, 6.45) is 2.23. The van der Waals surface area contributed by atoms with Gasteiger partial charge in [0.1, 0.15) is 0 Å². The summed E-state index contributed by atoms with van der Waals surface area (Å²) in [5, 5.41) is 6.64. The molecular weight excluding hydrogens is 533 g/mol. The Morgan fingerprint density at radius 3 is 2.58 bits per heavy atom. The van der Waals surface area contributed by atoms with Crippen molar-refractivity contribution in [2.45, 2.75) is 45.9 Å². The van der Waals surface area contributed by atoms with E-state index in [-0.39, 0.29) is 24.0 Å². The number of methoxy groups -OCH3 is 1. The van der Waals surface area contributed by atoms with Gasteiger partial charge in [-0.25, -0.2) is 4.99 Å². The van der Waals surface area contributed by atoms with Crippen molar-refractivity contribution in [1.82, 2.24) is 5.32 Å². The van der Waals surface area contributed by atoms with Crippen molar-refractivity contribution in [2.24, 2.45) is 4.99 Å². The summed E-state index contributed by atoms with van der Waals surface area (Å²) in [5.41, 5.74) is 3.19. The minimum atomic E-state index is 0. The third-order valence-corrected chi connectivity index (χ3v) is 5.14. The molecule has 2 aromatic rings. The SMILES string of the molecule is CCNC(=NCc1cccc(COC2CCOCC2)c1)Nc1ccc(OC)c(OCC)c1.I. The van der Waals surface area contributed by atoms with Gasteiger partial charge in [0, 0.05) is 31.5 Å². The third-order valence-electron chi connectivity index (χ3n) is 5.14. The number of rotatable bonds is 10. The highest BCUT2D eigenvalue weighted by molar-refractivity contribution is 14.0. The highest BCUT2D eigenvalue weighted by Gasteiger charge is 2.14.